The van der Waals surface area contributed by atoms with Crippen LogP contribution in [0.2, 0.25) is 0 Å². The van der Waals surface area contributed by atoms with E-state index in [9.17, 15) is 13.2 Å². The maximum absolute atomic E-state index is 12.6. The molecule has 4 rings (SSSR count). The number of nitrogens with one attached hydrogen (secondary N) is 1. The summed E-state index contributed by atoms with van der Waals surface area (Å²) in [6.45, 7) is 3.15. The highest BCUT2D eigenvalue weighted by atomic mass is 32.1. The second-order valence-corrected chi connectivity index (χ2v) is 7.67. The highest BCUT2D eigenvalue weighted by molar-refractivity contribution is 7.13. The molecular weight excluding hydrogens is 435 g/mol. The highest BCUT2D eigenvalue weighted by Gasteiger charge is 2.29. The van der Waals surface area contributed by atoms with Crippen LogP contribution < -0.4 is 19.9 Å². The summed E-state index contributed by atoms with van der Waals surface area (Å²) in [6, 6.07) is 3.22. The van der Waals surface area contributed by atoms with E-state index in [0.29, 0.717) is 31.9 Å². The van der Waals surface area contributed by atoms with E-state index in [-0.39, 0.29) is 24.5 Å². The van der Waals surface area contributed by atoms with E-state index >= 15 is 0 Å². The quantitative estimate of drug-likeness (QED) is 0.577. The average molecular weight is 455 g/mol. The molecule has 0 spiro atoms. The van der Waals surface area contributed by atoms with Crippen LogP contribution in [0.15, 0.2) is 28.1 Å². The molecule has 1 aliphatic rings. The fourth-order valence-electron chi connectivity index (χ4n) is 2.99. The molecule has 0 bridgehead atoms. The molecule has 3 aromatic rings. The molecule has 0 unspecified atom stereocenters. The van der Waals surface area contributed by atoms with E-state index in [0.717, 1.165) is 10.9 Å². The van der Waals surface area contributed by atoms with Gasteiger partial charge in [0.15, 0.2) is 11.7 Å². The molecule has 166 valence electrons. The van der Waals surface area contributed by atoms with E-state index in [4.69, 9.17) is 9.15 Å². The number of ether oxygens (including phenoxy) is 1. The van der Waals surface area contributed by atoms with E-state index in [1.807, 2.05) is 23.3 Å². The molecule has 4 heterocycles. The molecule has 1 saturated heterocycles. The van der Waals surface area contributed by atoms with Crippen molar-refractivity contribution in [1.82, 2.24) is 19.9 Å². The third kappa shape index (κ3) is 5.75. The number of hydrogen-bond acceptors (Lipinski definition) is 10. The maximum Gasteiger partial charge on any atom is 0.422 e. The highest BCUT2D eigenvalue weighted by Crippen LogP contribution is 2.23. The number of halogens is 3. The first-order valence-electron chi connectivity index (χ1n) is 9.50. The largest absolute Gasteiger partial charge is 0.465 e. The van der Waals surface area contributed by atoms with Gasteiger partial charge in [-0.25, -0.2) is 4.98 Å². The van der Waals surface area contributed by atoms with Crippen molar-refractivity contribution in [1.29, 1.82) is 0 Å². The molecule has 1 N–H and O–H groups in total. The van der Waals surface area contributed by atoms with Crippen molar-refractivity contribution in [2.45, 2.75) is 19.6 Å². The van der Waals surface area contributed by atoms with E-state index in [2.05, 4.69) is 30.2 Å². The van der Waals surface area contributed by atoms with Crippen LogP contribution >= 0.6 is 11.3 Å². The Hall–Kier alpha value is -3.09. The van der Waals surface area contributed by atoms with Gasteiger partial charge >= 0.3 is 12.2 Å². The zero-order valence-electron chi connectivity index (χ0n) is 16.6. The Morgan fingerprint density at radius 1 is 1.13 bits per heavy atom. The van der Waals surface area contributed by atoms with Gasteiger partial charge in [-0.1, -0.05) is 0 Å². The summed E-state index contributed by atoms with van der Waals surface area (Å²) in [7, 11) is 0. The topological polar surface area (TPSA) is 92.4 Å². The molecule has 0 saturated carbocycles. The van der Waals surface area contributed by atoms with Gasteiger partial charge in [0.1, 0.15) is 11.5 Å². The summed E-state index contributed by atoms with van der Waals surface area (Å²) in [5, 5.41) is 5.80. The third-order valence-corrected chi connectivity index (χ3v) is 5.27. The first-order valence-corrected chi connectivity index (χ1v) is 10.4. The first-order chi connectivity index (χ1) is 14.9. The van der Waals surface area contributed by atoms with Crippen molar-refractivity contribution in [2.24, 2.45) is 0 Å². The minimum Gasteiger partial charge on any atom is -0.465 e. The van der Waals surface area contributed by atoms with E-state index in [1.54, 1.807) is 23.6 Å². The number of thiazole rings is 1. The molecule has 0 radical (unpaired) electrons. The van der Waals surface area contributed by atoms with Crippen molar-refractivity contribution in [3.8, 4) is 6.01 Å². The number of nitrogens with zero attached hydrogens (tertiary/aromatic N) is 6. The molecule has 13 heteroatoms. The van der Waals surface area contributed by atoms with Crippen molar-refractivity contribution in [3.63, 3.8) is 0 Å². The second kappa shape index (κ2) is 8.96. The Kier molecular flexibility index (Phi) is 6.11. The van der Waals surface area contributed by atoms with Gasteiger partial charge in [-0.05, 0) is 19.1 Å². The average Bonchev–Trinajstić information content (AvgIpc) is 3.42. The summed E-state index contributed by atoms with van der Waals surface area (Å²) in [5.74, 6) is 1.76. The van der Waals surface area contributed by atoms with Crippen molar-refractivity contribution >= 4 is 28.4 Å². The van der Waals surface area contributed by atoms with Gasteiger partial charge in [0.25, 0.3) is 0 Å². The molecule has 0 aromatic carbocycles. The molecule has 0 amide bonds. The van der Waals surface area contributed by atoms with Crippen LogP contribution in [0.25, 0.3) is 0 Å². The van der Waals surface area contributed by atoms with Gasteiger partial charge in [0, 0.05) is 37.8 Å². The van der Waals surface area contributed by atoms with Gasteiger partial charge in [-0.2, -0.15) is 28.1 Å². The molecular formula is C18H20F3N7O2S. The van der Waals surface area contributed by atoms with Crippen LogP contribution in [0.5, 0.6) is 6.01 Å². The number of hydrogen-bond donors (Lipinski definition) is 1. The number of aromatic nitrogens is 4. The van der Waals surface area contributed by atoms with Gasteiger partial charge in [0.2, 0.25) is 11.9 Å². The van der Waals surface area contributed by atoms with Gasteiger partial charge in [-0.3, -0.25) is 0 Å². The lowest BCUT2D eigenvalue weighted by atomic mass is 10.3. The lowest BCUT2D eigenvalue weighted by Crippen LogP contribution is -2.47. The number of piperazine rings is 1. The molecule has 3 aromatic heterocycles. The predicted molar refractivity (Wildman–Crippen MR) is 109 cm³/mol. The van der Waals surface area contributed by atoms with Gasteiger partial charge in [0.05, 0.1) is 6.54 Å². The number of furan rings is 1. The Morgan fingerprint density at radius 2 is 1.90 bits per heavy atom. The summed E-state index contributed by atoms with van der Waals surface area (Å²) >= 11 is 1.56. The van der Waals surface area contributed by atoms with E-state index < -0.39 is 12.8 Å². The zero-order valence-corrected chi connectivity index (χ0v) is 17.4. The lowest BCUT2D eigenvalue weighted by molar-refractivity contribution is -0.154. The molecule has 0 atom stereocenters. The van der Waals surface area contributed by atoms with Crippen LogP contribution in [0.4, 0.5) is 30.2 Å². The van der Waals surface area contributed by atoms with Crippen LogP contribution in [-0.4, -0.2) is 58.9 Å². The molecule has 0 aliphatic carbocycles. The number of aryl methyl sites for hydroxylation is 1. The van der Waals surface area contributed by atoms with Crippen molar-refractivity contribution < 1.29 is 22.3 Å². The Bertz CT molecular complexity index is 988. The summed E-state index contributed by atoms with van der Waals surface area (Å²) in [5.41, 5.74) is 0. The summed E-state index contributed by atoms with van der Waals surface area (Å²) in [6.07, 6.45) is -2.74. The van der Waals surface area contributed by atoms with Gasteiger partial charge < -0.3 is 24.3 Å². The number of alkyl halides is 3. The minimum atomic E-state index is -4.49. The van der Waals surface area contributed by atoms with Gasteiger partial charge in [-0.15, -0.1) is 11.3 Å². The molecule has 9 nitrogen and oxygen atoms in total. The summed E-state index contributed by atoms with van der Waals surface area (Å²) in [4.78, 5) is 20.8. The Balaban J connectivity index is 1.48. The predicted octanol–water partition coefficient (Wildman–Crippen LogP) is 3.11. The second-order valence-electron chi connectivity index (χ2n) is 6.80. The normalized spacial score (nSPS) is 14.7. The number of anilines is 3. The summed E-state index contributed by atoms with van der Waals surface area (Å²) < 4.78 is 48.1. The monoisotopic (exact) mass is 455 g/mol. The molecule has 31 heavy (non-hydrogen) atoms. The number of rotatable bonds is 7. The standard InChI is InChI=1S/C18H20F3N7O2S/c1-12-2-3-13(30-12)10-23-14-24-15(26-16(25-14)29-11-18(19,20)21)27-5-7-28(8-6-27)17-22-4-9-31-17/h2-4,9H,5-8,10-11H2,1H3,(H,23,24,25,26). The van der Waals surface area contributed by atoms with Crippen molar-refractivity contribution in [3.05, 3.63) is 35.2 Å². The molecule has 1 fully saturated rings. The SMILES string of the molecule is Cc1ccc(CNc2nc(OCC(F)(F)F)nc(N3CCN(c4nccs4)CC3)n2)o1. The van der Waals surface area contributed by atoms with Crippen LogP contribution in [0.3, 0.4) is 0 Å². The zero-order chi connectivity index (χ0) is 21.8. The Morgan fingerprint density at radius 3 is 2.55 bits per heavy atom. The van der Waals surface area contributed by atoms with Crippen LogP contribution in [-0.2, 0) is 6.54 Å². The smallest absolute Gasteiger partial charge is 0.422 e. The first kappa shape index (κ1) is 21.2. The Labute approximate surface area is 179 Å². The fourth-order valence-corrected chi connectivity index (χ4v) is 3.69. The fraction of sp³-hybridized carbons (Fsp3) is 0.444. The third-order valence-electron chi connectivity index (χ3n) is 4.44. The van der Waals surface area contributed by atoms with Crippen LogP contribution in [0.1, 0.15) is 11.5 Å². The van der Waals surface area contributed by atoms with Crippen LogP contribution in [0, 0.1) is 6.92 Å². The maximum atomic E-state index is 12.6. The minimum absolute atomic E-state index is 0.110. The van der Waals surface area contributed by atoms with Crippen molar-refractivity contribution in [2.75, 3.05) is 47.9 Å². The molecule has 1 aliphatic heterocycles. The lowest BCUT2D eigenvalue weighted by Gasteiger charge is -2.34. The van der Waals surface area contributed by atoms with E-state index in [1.165, 1.54) is 0 Å².